The Morgan fingerprint density at radius 1 is 1.25 bits per heavy atom. The molecular weight excluding hydrogens is 158 g/mol. The van der Waals surface area contributed by atoms with Gasteiger partial charge in [0.25, 0.3) is 0 Å². The molecule has 12 heavy (non-hydrogen) atoms. The van der Waals surface area contributed by atoms with Crippen molar-refractivity contribution in [3.8, 4) is 0 Å². The second-order valence-corrected chi connectivity index (χ2v) is 3.30. The Labute approximate surface area is 70.7 Å². The van der Waals surface area contributed by atoms with E-state index < -0.39 is 5.97 Å². The summed E-state index contributed by atoms with van der Waals surface area (Å²) in [5, 5.41) is 8.69. The molecule has 0 aromatic carbocycles. The third kappa shape index (κ3) is 1.96. The van der Waals surface area contributed by atoms with Crippen molar-refractivity contribution in [3.63, 3.8) is 0 Å². The normalized spacial score (nSPS) is 29.7. The highest BCUT2D eigenvalue weighted by Gasteiger charge is 2.29. The largest absolute Gasteiger partial charge is 0.481 e. The number of hydrogen-bond acceptors (Lipinski definition) is 2. The molecule has 0 aliphatic heterocycles. The van der Waals surface area contributed by atoms with Crippen LogP contribution in [-0.2, 0) is 9.59 Å². The van der Waals surface area contributed by atoms with Gasteiger partial charge in [0.05, 0.1) is 5.92 Å². The summed E-state index contributed by atoms with van der Waals surface area (Å²) in [5.41, 5.74) is 5.10. The lowest BCUT2D eigenvalue weighted by Crippen LogP contribution is -2.31. The molecule has 0 radical (unpaired) electrons. The molecule has 2 atom stereocenters. The predicted octanol–water partition coefficient (Wildman–Crippen LogP) is 0.363. The quantitative estimate of drug-likeness (QED) is 0.629. The fraction of sp³-hybridized carbons (Fsp3) is 0.750. The third-order valence-electron chi connectivity index (χ3n) is 2.43. The third-order valence-corrected chi connectivity index (χ3v) is 2.43. The van der Waals surface area contributed by atoms with Crippen LogP contribution in [0.4, 0.5) is 0 Å². The number of rotatable bonds is 2. The number of amides is 1. The van der Waals surface area contributed by atoms with Crippen molar-refractivity contribution in [1.82, 2.24) is 0 Å². The first kappa shape index (κ1) is 9.03. The molecule has 1 fully saturated rings. The summed E-state index contributed by atoms with van der Waals surface area (Å²) in [5.74, 6) is -1.75. The van der Waals surface area contributed by atoms with Crippen molar-refractivity contribution in [2.45, 2.75) is 25.7 Å². The summed E-state index contributed by atoms with van der Waals surface area (Å²) in [6, 6.07) is 0. The summed E-state index contributed by atoms with van der Waals surface area (Å²) in [6.07, 6.45) is 2.65. The fourth-order valence-electron chi connectivity index (χ4n) is 1.67. The highest BCUT2D eigenvalue weighted by molar-refractivity contribution is 5.78. The number of carboxylic acids is 1. The molecule has 1 aliphatic carbocycles. The molecule has 68 valence electrons. The van der Waals surface area contributed by atoms with Crippen LogP contribution in [0.15, 0.2) is 0 Å². The van der Waals surface area contributed by atoms with Gasteiger partial charge in [0.1, 0.15) is 0 Å². The van der Waals surface area contributed by atoms with Gasteiger partial charge in [-0.1, -0.05) is 6.42 Å². The maximum Gasteiger partial charge on any atom is 0.306 e. The van der Waals surface area contributed by atoms with E-state index in [1.807, 2.05) is 0 Å². The van der Waals surface area contributed by atoms with Gasteiger partial charge >= 0.3 is 5.97 Å². The van der Waals surface area contributed by atoms with E-state index in [1.54, 1.807) is 0 Å². The van der Waals surface area contributed by atoms with Crippen molar-refractivity contribution in [2.75, 3.05) is 0 Å². The number of aliphatic carboxylic acids is 1. The molecule has 1 aliphatic rings. The number of primary amides is 1. The van der Waals surface area contributed by atoms with Gasteiger partial charge in [-0.05, 0) is 19.3 Å². The van der Waals surface area contributed by atoms with Crippen molar-refractivity contribution in [3.05, 3.63) is 0 Å². The first-order valence-corrected chi connectivity index (χ1v) is 4.13. The standard InChI is InChI=1S/C8H13NO3/c9-7(10)5-2-1-3-6(4-5)8(11)12/h5-6H,1-4H2,(H2,9,10)(H,11,12)/t5-,6-/m1/s1. The number of carboxylic acid groups (broad SMARTS) is 1. The highest BCUT2D eigenvalue weighted by atomic mass is 16.4. The Morgan fingerprint density at radius 2 is 1.83 bits per heavy atom. The van der Waals surface area contributed by atoms with Crippen LogP contribution >= 0.6 is 0 Å². The summed E-state index contributed by atoms with van der Waals surface area (Å²) in [7, 11) is 0. The Morgan fingerprint density at radius 3 is 2.33 bits per heavy atom. The SMILES string of the molecule is NC(=O)[C@@H]1CCC[C@@H](C(=O)O)C1. The van der Waals surface area contributed by atoms with Crippen LogP contribution < -0.4 is 5.73 Å². The van der Waals surface area contributed by atoms with Gasteiger partial charge in [0.15, 0.2) is 0 Å². The van der Waals surface area contributed by atoms with E-state index >= 15 is 0 Å². The molecule has 4 heteroatoms. The minimum Gasteiger partial charge on any atom is -0.481 e. The minimum absolute atomic E-state index is 0.222. The second kappa shape index (κ2) is 3.56. The van der Waals surface area contributed by atoms with Crippen molar-refractivity contribution in [1.29, 1.82) is 0 Å². The van der Waals surface area contributed by atoms with Crippen LogP contribution in [0, 0.1) is 11.8 Å². The van der Waals surface area contributed by atoms with E-state index in [0.717, 1.165) is 12.8 Å². The summed E-state index contributed by atoms with van der Waals surface area (Å²) < 4.78 is 0. The average molecular weight is 171 g/mol. The Bertz CT molecular complexity index is 182. The van der Waals surface area contributed by atoms with Crippen LogP contribution in [0.3, 0.4) is 0 Å². The molecule has 1 saturated carbocycles. The van der Waals surface area contributed by atoms with Gasteiger partial charge in [-0.25, -0.2) is 0 Å². The Kier molecular flexibility index (Phi) is 2.68. The predicted molar refractivity (Wildman–Crippen MR) is 42.3 cm³/mol. The maximum absolute atomic E-state index is 10.8. The molecule has 1 amide bonds. The van der Waals surface area contributed by atoms with E-state index in [0.29, 0.717) is 12.8 Å². The smallest absolute Gasteiger partial charge is 0.306 e. The van der Waals surface area contributed by atoms with E-state index in [1.165, 1.54) is 0 Å². The molecule has 0 unspecified atom stereocenters. The zero-order valence-electron chi connectivity index (χ0n) is 6.82. The van der Waals surface area contributed by atoms with Crippen molar-refractivity contribution < 1.29 is 14.7 Å². The van der Waals surface area contributed by atoms with Crippen LogP contribution in [0.1, 0.15) is 25.7 Å². The number of hydrogen-bond donors (Lipinski definition) is 2. The Hall–Kier alpha value is -1.06. The summed E-state index contributed by atoms with van der Waals surface area (Å²) in [4.78, 5) is 21.3. The van der Waals surface area contributed by atoms with Crippen molar-refractivity contribution >= 4 is 11.9 Å². The van der Waals surface area contributed by atoms with Gasteiger partial charge < -0.3 is 10.8 Å². The van der Waals surface area contributed by atoms with Gasteiger partial charge in [-0.3, -0.25) is 9.59 Å². The summed E-state index contributed by atoms with van der Waals surface area (Å²) >= 11 is 0. The lowest BCUT2D eigenvalue weighted by molar-refractivity contribution is -0.143. The van der Waals surface area contributed by atoms with E-state index in [9.17, 15) is 9.59 Å². The molecule has 1 rings (SSSR count). The average Bonchev–Trinajstić information content (AvgIpc) is 2.04. The Balaban J connectivity index is 2.51. The molecule has 0 saturated heterocycles. The number of carbonyl (C=O) groups is 2. The van der Waals surface area contributed by atoms with E-state index in [4.69, 9.17) is 10.8 Å². The van der Waals surface area contributed by atoms with Crippen molar-refractivity contribution in [2.24, 2.45) is 17.6 Å². The lowest BCUT2D eigenvalue weighted by atomic mass is 9.81. The molecule has 0 bridgehead atoms. The lowest BCUT2D eigenvalue weighted by Gasteiger charge is -2.23. The van der Waals surface area contributed by atoms with Gasteiger partial charge in [0.2, 0.25) is 5.91 Å². The second-order valence-electron chi connectivity index (χ2n) is 3.30. The molecule has 0 spiro atoms. The molecule has 0 aromatic heterocycles. The highest BCUT2D eigenvalue weighted by Crippen LogP contribution is 2.28. The zero-order chi connectivity index (χ0) is 9.14. The zero-order valence-corrected chi connectivity index (χ0v) is 6.82. The van der Waals surface area contributed by atoms with Crippen LogP contribution in [0.25, 0.3) is 0 Å². The molecule has 0 aromatic rings. The van der Waals surface area contributed by atoms with Crippen LogP contribution in [0.5, 0.6) is 0 Å². The van der Waals surface area contributed by atoms with Gasteiger partial charge in [-0.15, -0.1) is 0 Å². The molecular formula is C8H13NO3. The number of nitrogens with two attached hydrogens (primary N) is 1. The monoisotopic (exact) mass is 171 g/mol. The topological polar surface area (TPSA) is 80.4 Å². The molecule has 4 nitrogen and oxygen atoms in total. The van der Waals surface area contributed by atoms with E-state index in [-0.39, 0.29) is 17.7 Å². The fourth-order valence-corrected chi connectivity index (χ4v) is 1.67. The maximum atomic E-state index is 10.8. The minimum atomic E-state index is -0.805. The first-order chi connectivity index (χ1) is 5.61. The van der Waals surface area contributed by atoms with Gasteiger partial charge in [0, 0.05) is 5.92 Å². The van der Waals surface area contributed by atoms with Crippen LogP contribution in [0.2, 0.25) is 0 Å². The first-order valence-electron chi connectivity index (χ1n) is 4.13. The van der Waals surface area contributed by atoms with Crippen LogP contribution in [-0.4, -0.2) is 17.0 Å². The number of carbonyl (C=O) groups excluding carboxylic acids is 1. The van der Waals surface area contributed by atoms with E-state index in [2.05, 4.69) is 0 Å². The summed E-state index contributed by atoms with van der Waals surface area (Å²) in [6.45, 7) is 0. The van der Waals surface area contributed by atoms with Gasteiger partial charge in [-0.2, -0.15) is 0 Å². The molecule has 3 N–H and O–H groups in total. The molecule has 0 heterocycles.